The van der Waals surface area contributed by atoms with Gasteiger partial charge >= 0.3 is 0 Å². The molecule has 0 aromatic heterocycles. The molecule has 2 aromatic rings. The third-order valence-corrected chi connectivity index (χ3v) is 3.09. The molecule has 1 atom stereocenters. The van der Waals surface area contributed by atoms with E-state index in [1.165, 1.54) is 37.3 Å². The van der Waals surface area contributed by atoms with Crippen LogP contribution in [0.2, 0.25) is 5.02 Å². The molecule has 5 heteroatoms. The maximum absolute atomic E-state index is 13.1. The molecular formula is C15H13ClF2O2. The van der Waals surface area contributed by atoms with Crippen LogP contribution >= 0.6 is 11.6 Å². The van der Waals surface area contributed by atoms with Gasteiger partial charge in [-0.3, -0.25) is 0 Å². The van der Waals surface area contributed by atoms with Crippen molar-refractivity contribution >= 4 is 11.6 Å². The van der Waals surface area contributed by atoms with Crippen molar-refractivity contribution in [3.05, 3.63) is 64.2 Å². The SMILES string of the molecule is CC(O)c1cc(F)ccc1OCc1ccc(F)c(Cl)c1. The number of ether oxygens (including phenoxy) is 1. The Morgan fingerprint density at radius 2 is 1.95 bits per heavy atom. The molecule has 0 fully saturated rings. The van der Waals surface area contributed by atoms with Crippen molar-refractivity contribution in [1.82, 2.24) is 0 Å². The Morgan fingerprint density at radius 1 is 1.20 bits per heavy atom. The normalized spacial score (nSPS) is 12.2. The zero-order valence-corrected chi connectivity index (χ0v) is 11.5. The molecule has 2 rings (SSSR count). The van der Waals surface area contributed by atoms with E-state index < -0.39 is 17.7 Å². The van der Waals surface area contributed by atoms with E-state index in [0.29, 0.717) is 16.9 Å². The summed E-state index contributed by atoms with van der Waals surface area (Å²) in [5, 5.41) is 9.60. The van der Waals surface area contributed by atoms with Crippen molar-refractivity contribution in [2.75, 3.05) is 0 Å². The second-order valence-corrected chi connectivity index (χ2v) is 4.80. The molecule has 0 saturated heterocycles. The number of hydrogen-bond acceptors (Lipinski definition) is 2. The summed E-state index contributed by atoms with van der Waals surface area (Å²) in [5.41, 5.74) is 1.04. The monoisotopic (exact) mass is 298 g/mol. The van der Waals surface area contributed by atoms with Gasteiger partial charge in [-0.1, -0.05) is 17.7 Å². The van der Waals surface area contributed by atoms with Gasteiger partial charge in [0.1, 0.15) is 24.0 Å². The van der Waals surface area contributed by atoms with Gasteiger partial charge in [0.15, 0.2) is 0 Å². The van der Waals surface area contributed by atoms with Crippen molar-refractivity contribution in [3.8, 4) is 5.75 Å². The summed E-state index contributed by atoms with van der Waals surface area (Å²) in [4.78, 5) is 0. The third kappa shape index (κ3) is 3.46. The minimum atomic E-state index is -0.850. The summed E-state index contributed by atoms with van der Waals surface area (Å²) in [5.74, 6) is -0.568. The van der Waals surface area contributed by atoms with E-state index in [9.17, 15) is 13.9 Å². The molecule has 0 amide bonds. The quantitative estimate of drug-likeness (QED) is 0.914. The van der Waals surface area contributed by atoms with Crippen molar-refractivity contribution in [3.63, 3.8) is 0 Å². The fourth-order valence-corrected chi connectivity index (χ4v) is 1.97. The van der Waals surface area contributed by atoms with Gasteiger partial charge in [0.05, 0.1) is 11.1 Å². The number of rotatable bonds is 4. The predicted octanol–water partition coefficient (Wildman–Crippen LogP) is 4.25. The van der Waals surface area contributed by atoms with Crippen LogP contribution in [0.3, 0.4) is 0 Å². The highest BCUT2D eigenvalue weighted by atomic mass is 35.5. The Kier molecular flexibility index (Phi) is 4.57. The summed E-state index contributed by atoms with van der Waals surface area (Å²) in [6.07, 6.45) is -0.850. The third-order valence-electron chi connectivity index (χ3n) is 2.80. The maximum atomic E-state index is 13.1. The lowest BCUT2D eigenvalue weighted by Gasteiger charge is -2.13. The molecule has 0 saturated carbocycles. The average Bonchev–Trinajstić information content (AvgIpc) is 2.41. The zero-order chi connectivity index (χ0) is 14.7. The largest absolute Gasteiger partial charge is 0.489 e. The van der Waals surface area contributed by atoms with Gasteiger partial charge < -0.3 is 9.84 Å². The van der Waals surface area contributed by atoms with E-state index in [-0.39, 0.29) is 11.6 Å². The summed E-state index contributed by atoms with van der Waals surface area (Å²) in [6, 6.07) is 8.18. The van der Waals surface area contributed by atoms with Crippen LogP contribution in [0.4, 0.5) is 8.78 Å². The molecule has 2 aromatic carbocycles. The molecule has 0 heterocycles. The molecule has 106 valence electrons. The number of hydrogen-bond donors (Lipinski definition) is 1. The second-order valence-electron chi connectivity index (χ2n) is 4.40. The van der Waals surface area contributed by atoms with Gasteiger partial charge in [-0.15, -0.1) is 0 Å². The van der Waals surface area contributed by atoms with Crippen molar-refractivity contribution < 1.29 is 18.6 Å². The van der Waals surface area contributed by atoms with Crippen LogP contribution in [-0.2, 0) is 6.61 Å². The van der Waals surface area contributed by atoms with Crippen LogP contribution in [0.15, 0.2) is 36.4 Å². The molecule has 0 radical (unpaired) electrons. The highest BCUT2D eigenvalue weighted by Gasteiger charge is 2.11. The standard InChI is InChI=1S/C15H13ClF2O2/c1-9(19)12-7-11(17)3-5-15(12)20-8-10-2-4-14(18)13(16)6-10/h2-7,9,19H,8H2,1H3. The Labute approximate surface area is 120 Å². The fourth-order valence-electron chi connectivity index (χ4n) is 1.77. The molecule has 0 bridgehead atoms. The first-order valence-corrected chi connectivity index (χ1v) is 6.39. The smallest absolute Gasteiger partial charge is 0.141 e. The lowest BCUT2D eigenvalue weighted by atomic mass is 10.1. The molecule has 20 heavy (non-hydrogen) atoms. The summed E-state index contributed by atoms with van der Waals surface area (Å²) >= 11 is 5.68. The first-order chi connectivity index (χ1) is 9.47. The number of halogens is 3. The average molecular weight is 299 g/mol. The zero-order valence-electron chi connectivity index (χ0n) is 10.7. The van der Waals surface area contributed by atoms with E-state index in [2.05, 4.69) is 0 Å². The first-order valence-electron chi connectivity index (χ1n) is 6.01. The van der Waals surface area contributed by atoms with Crippen LogP contribution in [0.25, 0.3) is 0 Å². The molecule has 2 nitrogen and oxygen atoms in total. The van der Waals surface area contributed by atoms with E-state index in [4.69, 9.17) is 16.3 Å². The van der Waals surface area contributed by atoms with Gasteiger partial charge in [0, 0.05) is 5.56 Å². The van der Waals surface area contributed by atoms with Crippen molar-refractivity contribution in [2.45, 2.75) is 19.6 Å². The van der Waals surface area contributed by atoms with Crippen LogP contribution in [-0.4, -0.2) is 5.11 Å². The van der Waals surface area contributed by atoms with Crippen molar-refractivity contribution in [2.24, 2.45) is 0 Å². The van der Waals surface area contributed by atoms with Gasteiger partial charge in [0.2, 0.25) is 0 Å². The summed E-state index contributed by atoms with van der Waals surface area (Å²) in [6.45, 7) is 1.67. The van der Waals surface area contributed by atoms with Crippen molar-refractivity contribution in [1.29, 1.82) is 0 Å². The molecule has 0 spiro atoms. The van der Waals surface area contributed by atoms with Gasteiger partial charge in [-0.05, 0) is 42.8 Å². The lowest BCUT2D eigenvalue weighted by molar-refractivity contribution is 0.189. The summed E-state index contributed by atoms with van der Waals surface area (Å²) < 4.78 is 31.7. The van der Waals surface area contributed by atoms with Gasteiger partial charge in [-0.2, -0.15) is 0 Å². The van der Waals surface area contributed by atoms with E-state index in [1.807, 2.05) is 0 Å². The molecule has 0 aliphatic rings. The molecule has 0 aliphatic heterocycles. The van der Waals surface area contributed by atoms with Gasteiger partial charge in [0.25, 0.3) is 0 Å². The molecule has 0 aliphatic carbocycles. The van der Waals surface area contributed by atoms with Crippen LogP contribution in [0, 0.1) is 11.6 Å². The Bertz CT molecular complexity index is 615. The van der Waals surface area contributed by atoms with Crippen LogP contribution in [0.1, 0.15) is 24.2 Å². The Hall–Kier alpha value is -1.65. The molecular weight excluding hydrogens is 286 g/mol. The molecule has 1 N–H and O–H groups in total. The number of aliphatic hydroxyl groups is 1. The minimum Gasteiger partial charge on any atom is -0.489 e. The van der Waals surface area contributed by atoms with Crippen LogP contribution in [0.5, 0.6) is 5.75 Å². The minimum absolute atomic E-state index is 0.0148. The Balaban J connectivity index is 2.16. The predicted molar refractivity (Wildman–Crippen MR) is 72.8 cm³/mol. The number of aliphatic hydroxyl groups excluding tert-OH is 1. The van der Waals surface area contributed by atoms with Gasteiger partial charge in [-0.25, -0.2) is 8.78 Å². The number of benzene rings is 2. The van der Waals surface area contributed by atoms with E-state index in [1.54, 1.807) is 6.07 Å². The van der Waals surface area contributed by atoms with Crippen LogP contribution < -0.4 is 4.74 Å². The highest BCUT2D eigenvalue weighted by Crippen LogP contribution is 2.27. The highest BCUT2D eigenvalue weighted by molar-refractivity contribution is 6.30. The topological polar surface area (TPSA) is 29.5 Å². The maximum Gasteiger partial charge on any atom is 0.141 e. The second kappa shape index (κ2) is 6.20. The first kappa shape index (κ1) is 14.8. The lowest BCUT2D eigenvalue weighted by Crippen LogP contribution is -2.02. The Morgan fingerprint density at radius 3 is 2.60 bits per heavy atom. The summed E-state index contributed by atoms with van der Waals surface area (Å²) in [7, 11) is 0. The fraction of sp³-hybridized carbons (Fsp3) is 0.200. The van der Waals surface area contributed by atoms with E-state index in [0.717, 1.165) is 0 Å². The van der Waals surface area contributed by atoms with E-state index >= 15 is 0 Å². The molecule has 1 unspecified atom stereocenters.